The molecule has 3 fully saturated rings. The van der Waals surface area contributed by atoms with Gasteiger partial charge in [0, 0.05) is 40.3 Å². The van der Waals surface area contributed by atoms with Crippen LogP contribution in [0.5, 0.6) is 0 Å². The van der Waals surface area contributed by atoms with Crippen LogP contribution in [0.25, 0.3) is 0 Å². The number of carbonyl (C=O) groups excluding carboxylic acids is 9. The predicted octanol–water partition coefficient (Wildman–Crippen LogP) is 9.41. The molecule has 0 bridgehead atoms. The number of alkyl carbamates (subject to hydrolysis) is 5. The molecule has 2 saturated heterocycles. The van der Waals surface area contributed by atoms with Gasteiger partial charge in [0.15, 0.2) is 30.9 Å². The van der Waals surface area contributed by atoms with Gasteiger partial charge in [-0.15, -0.1) is 11.6 Å². The Kier molecular flexibility index (Phi) is 28.6. The Balaban J connectivity index is 1.57. The largest absolute Gasteiger partial charge is 0.457 e. The molecule has 1 aliphatic carbocycles. The van der Waals surface area contributed by atoms with Crippen LogP contribution in [0.15, 0.2) is 91.0 Å². The Hall–Kier alpha value is -8.02. The van der Waals surface area contributed by atoms with Gasteiger partial charge in [-0.2, -0.15) is 0 Å². The molecule has 3 aromatic rings. The third kappa shape index (κ3) is 26.1. The molecule has 1 saturated carbocycles. The monoisotopic (exact) mass is 1440 g/mol. The van der Waals surface area contributed by atoms with Crippen molar-refractivity contribution in [2.24, 2.45) is 0 Å². The van der Waals surface area contributed by atoms with E-state index in [9.17, 15) is 38.4 Å². The second kappa shape index (κ2) is 35.2. The van der Waals surface area contributed by atoms with Gasteiger partial charge in [-0.05, 0) is 140 Å². The van der Waals surface area contributed by atoms with E-state index in [1.165, 1.54) is 0 Å². The molecule has 6 N–H and O–H groups in total. The number of ether oxygens (including phenoxy) is 13. The lowest BCUT2D eigenvalue weighted by Gasteiger charge is -2.50. The third-order valence-electron chi connectivity index (χ3n) is 15.2. The number of esters is 3. The van der Waals surface area contributed by atoms with Crippen molar-refractivity contribution in [1.29, 1.82) is 0 Å². The summed E-state index contributed by atoms with van der Waals surface area (Å²) in [6.07, 6.45) is -18.9. The average molecular weight is 1440 g/mol. The molecule has 6 rings (SSSR count). The van der Waals surface area contributed by atoms with Crippen molar-refractivity contribution in [2.75, 3.05) is 19.7 Å². The Labute approximate surface area is 596 Å². The highest BCUT2D eigenvalue weighted by atomic mass is 35.5. The first-order valence-electron chi connectivity index (χ1n) is 33.8. The van der Waals surface area contributed by atoms with E-state index in [0.717, 1.165) is 20.8 Å². The molecule has 3 aromatic carbocycles. The minimum atomic E-state index is -1.95. The molecular weight excluding hydrogens is 1340 g/mol. The first kappa shape index (κ1) is 81.9. The topological polar surface area (TPSA) is 346 Å². The number of benzene rings is 3. The second-order valence-corrected chi connectivity index (χ2v) is 30.4. The van der Waals surface area contributed by atoms with Crippen LogP contribution in [-0.4, -0.2) is 187 Å². The van der Waals surface area contributed by atoms with Crippen LogP contribution >= 0.6 is 11.6 Å². The fraction of sp³-hybridized carbons (Fsp3) is 0.625. The first-order valence-corrected chi connectivity index (χ1v) is 34.2. The number of rotatable bonds is 23. The van der Waals surface area contributed by atoms with Crippen molar-refractivity contribution in [3.05, 3.63) is 108 Å². The van der Waals surface area contributed by atoms with Crippen molar-refractivity contribution >= 4 is 65.9 Å². The molecule has 29 heteroatoms. The first-order chi connectivity index (χ1) is 47.0. The number of nitrogens with one attached hydrogen (secondary N) is 6. The standard InChI is InChI=1S/C72H103ClN6O22/c1-41(80)90-51(36-37-74-62(84)97-67(4,5)6)59(83)76-49-38-50(78-65(87)100-70(13,14)15)56(95-60-48(77-64(86)99-69(10,11)12)35-34-47(93-60)39-75-63(85)98-68(7,8)9)53(73)55(49)96-61-58(92-43(3)82)54(79-66(88)101-71(16,17)18)57(91-42(2)81)52(94-61)40-89-72(44-28-22-19-23-29-44,45-30-24-20-25-31-45)46-32-26-21-27-33-46/h19-33,47-58,60-61H,34-40H2,1-18H3,(H,74,84)(H,75,85)(H,76,83)(H,77,86)(H,78,87)(H,79,88)/t47?,48?,49-,50-,51+,52?,53?,54+,55+,56?,57+,58?,60-,61-/m1/s1. The minimum Gasteiger partial charge on any atom is -0.457 e. The summed E-state index contributed by atoms with van der Waals surface area (Å²) in [6, 6.07) is 22.4. The molecule has 6 unspecified atom stereocenters. The molecule has 14 atom stereocenters. The fourth-order valence-electron chi connectivity index (χ4n) is 11.5. The lowest BCUT2D eigenvalue weighted by Crippen LogP contribution is -2.70. The van der Waals surface area contributed by atoms with E-state index >= 15 is 4.79 Å². The van der Waals surface area contributed by atoms with E-state index in [-0.39, 0.29) is 32.4 Å². The van der Waals surface area contributed by atoms with Crippen molar-refractivity contribution in [1.82, 2.24) is 31.9 Å². The Morgan fingerprint density at radius 3 is 1.35 bits per heavy atom. The molecule has 6 amide bonds. The number of carbonyl (C=O) groups is 9. The molecular formula is C72H103ClN6O22. The van der Waals surface area contributed by atoms with E-state index in [4.69, 9.17) is 73.2 Å². The average Bonchev–Trinajstić information content (AvgIpc) is 0.696. The summed E-state index contributed by atoms with van der Waals surface area (Å²) in [5.74, 6) is -3.67. The minimum absolute atomic E-state index is 0.115. The van der Waals surface area contributed by atoms with Crippen LogP contribution < -0.4 is 31.9 Å². The second-order valence-electron chi connectivity index (χ2n) is 29.9. The third-order valence-corrected chi connectivity index (χ3v) is 15.7. The highest BCUT2D eigenvalue weighted by Crippen LogP contribution is 2.43. The van der Waals surface area contributed by atoms with Gasteiger partial charge in [0.2, 0.25) is 0 Å². The van der Waals surface area contributed by atoms with Gasteiger partial charge in [0.1, 0.15) is 58.0 Å². The summed E-state index contributed by atoms with van der Waals surface area (Å²) >= 11 is 7.93. The molecule has 0 aromatic heterocycles. The Morgan fingerprint density at radius 2 is 0.891 bits per heavy atom. The van der Waals surface area contributed by atoms with Gasteiger partial charge in [-0.3, -0.25) is 19.2 Å². The molecule has 101 heavy (non-hydrogen) atoms. The number of hydrogen-bond donors (Lipinski definition) is 6. The van der Waals surface area contributed by atoms with Gasteiger partial charge >= 0.3 is 48.4 Å². The van der Waals surface area contributed by atoms with Gasteiger partial charge in [0.25, 0.3) is 5.91 Å². The van der Waals surface area contributed by atoms with Crippen LogP contribution in [0.4, 0.5) is 24.0 Å². The molecule has 2 aliphatic heterocycles. The van der Waals surface area contributed by atoms with Gasteiger partial charge in [0.05, 0.1) is 36.2 Å². The summed E-state index contributed by atoms with van der Waals surface area (Å²) in [5.41, 5.74) is -4.45. The van der Waals surface area contributed by atoms with Crippen LogP contribution in [0.3, 0.4) is 0 Å². The zero-order valence-corrected chi connectivity index (χ0v) is 61.8. The predicted molar refractivity (Wildman–Crippen MR) is 367 cm³/mol. The molecule has 0 radical (unpaired) electrons. The van der Waals surface area contributed by atoms with E-state index in [0.29, 0.717) is 16.7 Å². The van der Waals surface area contributed by atoms with E-state index < -0.39 is 186 Å². The molecule has 560 valence electrons. The highest BCUT2D eigenvalue weighted by molar-refractivity contribution is 6.21. The fourth-order valence-corrected chi connectivity index (χ4v) is 12.0. The van der Waals surface area contributed by atoms with Gasteiger partial charge in [-0.1, -0.05) is 91.0 Å². The summed E-state index contributed by atoms with van der Waals surface area (Å²) < 4.78 is 81.2. The van der Waals surface area contributed by atoms with Crippen molar-refractivity contribution in [3.8, 4) is 0 Å². The lowest BCUT2D eigenvalue weighted by atomic mass is 9.80. The van der Waals surface area contributed by atoms with Crippen LogP contribution in [0.2, 0.25) is 0 Å². The summed E-state index contributed by atoms with van der Waals surface area (Å²) in [7, 11) is 0. The maximum Gasteiger partial charge on any atom is 0.408 e. The van der Waals surface area contributed by atoms with E-state index in [1.807, 2.05) is 91.0 Å². The molecule has 3 aliphatic rings. The van der Waals surface area contributed by atoms with Crippen molar-refractivity contribution in [2.45, 2.75) is 269 Å². The number of hydrogen-bond acceptors (Lipinski definition) is 22. The quantitative estimate of drug-likeness (QED) is 0.0223. The zero-order valence-electron chi connectivity index (χ0n) is 61.1. The number of halogens is 1. The maximum absolute atomic E-state index is 15.1. The molecule has 2 heterocycles. The summed E-state index contributed by atoms with van der Waals surface area (Å²) in [6.45, 7) is 27.2. The van der Waals surface area contributed by atoms with Crippen LogP contribution in [0.1, 0.15) is 167 Å². The van der Waals surface area contributed by atoms with Crippen molar-refractivity contribution < 1.29 is 105 Å². The van der Waals surface area contributed by atoms with Crippen LogP contribution in [0, 0.1) is 0 Å². The van der Waals surface area contributed by atoms with E-state index in [1.54, 1.807) is 104 Å². The van der Waals surface area contributed by atoms with Gasteiger partial charge < -0.3 is 93.5 Å². The number of alkyl halides is 1. The molecule has 28 nitrogen and oxygen atoms in total. The Bertz CT molecular complexity index is 3160. The SMILES string of the molecule is CC(=O)OC1[C@@H](O[C@@H]2C(Cl)C(O[C@H]3OC(CNC(=O)OC(C)(C)C)CCC3NC(=O)OC(C)(C)C)[C@H](NC(=O)OC(C)(C)C)C[C@H]2NC(=O)[C@H](CCNC(=O)OC(C)(C)C)OC(C)=O)OC(COC(c2ccccc2)(c2ccccc2)c2ccccc2)[C@H](OC(C)=O)[C@@H]1NC(=O)OC(C)(C)C. The zero-order chi connectivity index (χ0) is 75.0. The normalized spacial score (nSPS) is 24.5. The lowest BCUT2D eigenvalue weighted by molar-refractivity contribution is -0.308. The van der Waals surface area contributed by atoms with Gasteiger partial charge in [-0.25, -0.2) is 24.0 Å². The van der Waals surface area contributed by atoms with E-state index in [2.05, 4.69) is 31.9 Å². The molecule has 0 spiro atoms. The van der Waals surface area contributed by atoms with Crippen LogP contribution in [-0.2, 0) is 86.4 Å². The highest BCUT2D eigenvalue weighted by Gasteiger charge is 2.57. The Morgan fingerprint density at radius 1 is 0.475 bits per heavy atom. The number of amides is 6. The summed E-state index contributed by atoms with van der Waals surface area (Å²) in [4.78, 5) is 124. The maximum atomic E-state index is 15.1. The van der Waals surface area contributed by atoms with Crippen molar-refractivity contribution in [3.63, 3.8) is 0 Å². The smallest absolute Gasteiger partial charge is 0.408 e. The summed E-state index contributed by atoms with van der Waals surface area (Å²) in [5, 5.41) is 15.0.